The number of nitrogens with one attached hydrogen (secondary N) is 2. The summed E-state index contributed by atoms with van der Waals surface area (Å²) in [5.74, 6) is 0.498. The first-order valence-corrected chi connectivity index (χ1v) is 8.68. The number of carbonyl (C=O) groups is 1. The predicted molar refractivity (Wildman–Crippen MR) is 101 cm³/mol. The number of rotatable bonds is 4. The van der Waals surface area contributed by atoms with Crippen LogP contribution in [0.15, 0.2) is 47.3 Å². The van der Waals surface area contributed by atoms with E-state index in [4.69, 9.17) is 17.3 Å². The summed E-state index contributed by atoms with van der Waals surface area (Å²) in [6, 6.07) is 10.2. The maximum atomic E-state index is 11.9. The van der Waals surface area contributed by atoms with Crippen molar-refractivity contribution < 1.29 is 4.79 Å². The third kappa shape index (κ3) is 4.31. The largest absolute Gasteiger partial charge is 0.351 e. The Balaban J connectivity index is 1.99. The first-order valence-electron chi connectivity index (χ1n) is 8.31. The van der Waals surface area contributed by atoms with Gasteiger partial charge < -0.3 is 16.0 Å². The highest BCUT2D eigenvalue weighted by Crippen LogP contribution is 2.31. The number of carbonyl (C=O) groups excluding carboxylic acids is 1. The summed E-state index contributed by atoms with van der Waals surface area (Å²) in [7, 11) is 0. The van der Waals surface area contributed by atoms with Gasteiger partial charge in [0.05, 0.1) is 0 Å². The average molecular weight is 358 g/mol. The van der Waals surface area contributed by atoms with E-state index in [2.05, 4.69) is 16.4 Å². The van der Waals surface area contributed by atoms with Crippen molar-refractivity contribution in [2.24, 2.45) is 11.7 Å². The quantitative estimate of drug-likeness (QED) is 0.767. The van der Waals surface area contributed by atoms with Crippen molar-refractivity contribution in [2.75, 3.05) is 5.32 Å². The number of amides is 2. The SMILES string of the molecule is NC(=O)Nc1ccc(C(=CC2CCCC2)c2ccc(Cl)c(=O)[nH]2)cc1. The number of nitrogens with two attached hydrogens (primary N) is 1. The molecule has 4 N–H and O–H groups in total. The van der Waals surface area contributed by atoms with Crippen molar-refractivity contribution in [3.8, 4) is 0 Å². The minimum atomic E-state index is -0.600. The number of hydrogen-bond donors (Lipinski definition) is 3. The molecule has 0 saturated heterocycles. The summed E-state index contributed by atoms with van der Waals surface area (Å²) >= 11 is 5.86. The maximum Gasteiger partial charge on any atom is 0.316 e. The van der Waals surface area contributed by atoms with Crippen LogP contribution in [0.4, 0.5) is 10.5 Å². The number of halogens is 1. The molecule has 0 bridgehead atoms. The van der Waals surface area contributed by atoms with Crippen LogP contribution in [0.3, 0.4) is 0 Å². The molecule has 0 spiro atoms. The molecule has 1 aliphatic rings. The summed E-state index contributed by atoms with van der Waals surface area (Å²) in [6.45, 7) is 0. The summed E-state index contributed by atoms with van der Waals surface area (Å²) in [5.41, 5.74) is 8.12. The topological polar surface area (TPSA) is 88.0 Å². The Kier molecular flexibility index (Phi) is 5.24. The standard InChI is InChI=1S/C19H20ClN3O2/c20-16-9-10-17(23-18(16)24)15(11-12-3-1-2-4-12)13-5-7-14(8-6-13)22-19(21)25/h5-12H,1-4H2,(H,23,24)(H3,21,22,25). The lowest BCUT2D eigenvalue weighted by Gasteiger charge is -2.12. The molecule has 1 aliphatic carbocycles. The molecule has 1 heterocycles. The lowest BCUT2D eigenvalue weighted by Crippen LogP contribution is -2.19. The molecule has 6 heteroatoms. The lowest BCUT2D eigenvalue weighted by molar-refractivity contribution is 0.259. The van der Waals surface area contributed by atoms with Crippen molar-refractivity contribution in [2.45, 2.75) is 25.7 Å². The van der Waals surface area contributed by atoms with Gasteiger partial charge in [-0.15, -0.1) is 0 Å². The molecule has 0 aliphatic heterocycles. The van der Waals surface area contributed by atoms with Gasteiger partial charge in [-0.3, -0.25) is 4.79 Å². The first-order chi connectivity index (χ1) is 12.0. The van der Waals surface area contributed by atoms with E-state index in [-0.39, 0.29) is 10.6 Å². The van der Waals surface area contributed by atoms with Gasteiger partial charge in [-0.25, -0.2) is 4.79 Å². The zero-order valence-corrected chi connectivity index (χ0v) is 14.5. The molecular weight excluding hydrogens is 338 g/mol. The average Bonchev–Trinajstić information content (AvgIpc) is 3.09. The van der Waals surface area contributed by atoms with E-state index in [9.17, 15) is 9.59 Å². The highest BCUT2D eigenvalue weighted by molar-refractivity contribution is 6.30. The molecule has 1 saturated carbocycles. The van der Waals surface area contributed by atoms with Crippen LogP contribution in [0.1, 0.15) is 36.9 Å². The Morgan fingerprint density at radius 3 is 2.44 bits per heavy atom. The van der Waals surface area contributed by atoms with Crippen LogP contribution in [-0.2, 0) is 0 Å². The zero-order valence-electron chi connectivity index (χ0n) is 13.7. The summed E-state index contributed by atoms with van der Waals surface area (Å²) < 4.78 is 0. The number of aromatic amines is 1. The van der Waals surface area contributed by atoms with Crippen molar-refractivity contribution >= 4 is 28.9 Å². The molecule has 1 fully saturated rings. The van der Waals surface area contributed by atoms with E-state index >= 15 is 0 Å². The third-order valence-electron chi connectivity index (χ3n) is 4.42. The highest BCUT2D eigenvalue weighted by Gasteiger charge is 2.16. The molecule has 1 aromatic heterocycles. The molecule has 1 aromatic carbocycles. The number of allylic oxidation sites excluding steroid dienone is 1. The number of H-pyrrole nitrogens is 1. The molecule has 3 rings (SSSR count). The molecule has 0 radical (unpaired) electrons. The van der Waals surface area contributed by atoms with E-state index < -0.39 is 6.03 Å². The Labute approximate surface area is 150 Å². The van der Waals surface area contributed by atoms with Gasteiger partial charge in [-0.2, -0.15) is 0 Å². The second kappa shape index (κ2) is 7.57. The summed E-state index contributed by atoms with van der Waals surface area (Å²) in [4.78, 5) is 25.7. The molecule has 2 aromatic rings. The van der Waals surface area contributed by atoms with E-state index in [0.29, 0.717) is 11.6 Å². The van der Waals surface area contributed by atoms with Crippen molar-refractivity contribution in [3.63, 3.8) is 0 Å². The predicted octanol–water partition coefficient (Wildman–Crippen LogP) is 4.14. The van der Waals surface area contributed by atoms with Crippen LogP contribution in [0.2, 0.25) is 5.02 Å². The Morgan fingerprint density at radius 1 is 1.16 bits per heavy atom. The number of urea groups is 1. The van der Waals surface area contributed by atoms with Crippen molar-refractivity contribution in [1.82, 2.24) is 4.98 Å². The second-order valence-corrected chi connectivity index (χ2v) is 6.65. The summed E-state index contributed by atoms with van der Waals surface area (Å²) in [5, 5.41) is 2.72. The number of pyridine rings is 1. The van der Waals surface area contributed by atoms with E-state index in [1.165, 1.54) is 12.8 Å². The van der Waals surface area contributed by atoms with E-state index in [1.54, 1.807) is 18.2 Å². The van der Waals surface area contributed by atoms with Crippen LogP contribution in [0, 0.1) is 5.92 Å². The normalized spacial score (nSPS) is 15.3. The maximum absolute atomic E-state index is 11.9. The molecule has 2 amide bonds. The minimum Gasteiger partial charge on any atom is -0.351 e. The molecule has 5 nitrogen and oxygen atoms in total. The fourth-order valence-corrected chi connectivity index (χ4v) is 3.30. The van der Waals surface area contributed by atoms with E-state index in [0.717, 1.165) is 29.7 Å². The van der Waals surface area contributed by atoms with Gasteiger partial charge in [0.2, 0.25) is 0 Å². The molecule has 25 heavy (non-hydrogen) atoms. The Bertz CT molecular complexity index is 850. The number of benzene rings is 1. The first kappa shape index (κ1) is 17.3. The lowest BCUT2D eigenvalue weighted by atomic mass is 9.96. The number of primary amides is 1. The monoisotopic (exact) mass is 357 g/mol. The van der Waals surface area contributed by atoms with Crippen LogP contribution in [0.25, 0.3) is 5.57 Å². The smallest absolute Gasteiger partial charge is 0.316 e. The second-order valence-electron chi connectivity index (χ2n) is 6.24. The minimum absolute atomic E-state index is 0.171. The highest BCUT2D eigenvalue weighted by atomic mass is 35.5. The molecular formula is C19H20ClN3O2. The van der Waals surface area contributed by atoms with Crippen LogP contribution >= 0.6 is 11.6 Å². The van der Waals surface area contributed by atoms with Gasteiger partial charge >= 0.3 is 6.03 Å². The Hall–Kier alpha value is -2.53. The summed E-state index contributed by atoms with van der Waals surface area (Å²) in [6.07, 6.45) is 6.99. The molecule has 0 atom stereocenters. The van der Waals surface area contributed by atoms with Gasteiger partial charge in [0.1, 0.15) is 5.02 Å². The molecule has 130 valence electrons. The van der Waals surface area contributed by atoms with Crippen LogP contribution in [-0.4, -0.2) is 11.0 Å². The van der Waals surface area contributed by atoms with Crippen LogP contribution in [0.5, 0.6) is 0 Å². The fourth-order valence-electron chi connectivity index (χ4n) is 3.19. The number of anilines is 1. The van der Waals surface area contributed by atoms with Crippen molar-refractivity contribution in [3.05, 3.63) is 69.1 Å². The number of aromatic nitrogens is 1. The number of hydrogen-bond acceptors (Lipinski definition) is 2. The fraction of sp³-hybridized carbons (Fsp3) is 0.263. The zero-order chi connectivity index (χ0) is 17.8. The third-order valence-corrected chi connectivity index (χ3v) is 4.71. The van der Waals surface area contributed by atoms with E-state index in [1.807, 2.05) is 18.2 Å². The van der Waals surface area contributed by atoms with Crippen molar-refractivity contribution in [1.29, 1.82) is 0 Å². The van der Waals surface area contributed by atoms with Crippen LogP contribution < -0.4 is 16.6 Å². The Morgan fingerprint density at radius 2 is 1.84 bits per heavy atom. The van der Waals surface area contributed by atoms with Gasteiger partial charge in [-0.05, 0) is 48.6 Å². The molecule has 0 unspecified atom stereocenters. The van der Waals surface area contributed by atoms with Gasteiger partial charge in [0.25, 0.3) is 5.56 Å². The van der Waals surface area contributed by atoms with Gasteiger partial charge in [0, 0.05) is 17.0 Å². The van der Waals surface area contributed by atoms with Gasteiger partial charge in [-0.1, -0.05) is 42.7 Å². The van der Waals surface area contributed by atoms with Gasteiger partial charge in [0.15, 0.2) is 0 Å².